The zero-order valence-corrected chi connectivity index (χ0v) is 7.52. The number of aldehydes is 1. The van der Waals surface area contributed by atoms with Crippen molar-refractivity contribution in [3.05, 3.63) is 0 Å². The van der Waals surface area contributed by atoms with Crippen molar-refractivity contribution in [3.8, 4) is 0 Å². The molecule has 0 aromatic rings. The highest BCUT2D eigenvalue weighted by Crippen LogP contribution is 2.63. The molecule has 2 nitrogen and oxygen atoms in total. The molecule has 1 saturated carbocycles. The summed E-state index contributed by atoms with van der Waals surface area (Å²) in [5.41, 5.74) is 0.149. The van der Waals surface area contributed by atoms with E-state index >= 15 is 0 Å². The Morgan fingerprint density at radius 3 is 2.36 bits per heavy atom. The van der Waals surface area contributed by atoms with E-state index in [1.54, 1.807) is 7.11 Å². The fourth-order valence-corrected chi connectivity index (χ4v) is 1.72. The smallest absolute Gasteiger partial charge is 0.126 e. The van der Waals surface area contributed by atoms with Crippen LogP contribution in [0.4, 0.5) is 0 Å². The van der Waals surface area contributed by atoms with E-state index in [9.17, 15) is 4.79 Å². The van der Waals surface area contributed by atoms with Gasteiger partial charge in [0.2, 0.25) is 0 Å². The lowest BCUT2D eigenvalue weighted by atomic mass is 9.94. The lowest BCUT2D eigenvalue weighted by Gasteiger charge is -2.11. The van der Waals surface area contributed by atoms with Gasteiger partial charge in [-0.1, -0.05) is 13.8 Å². The van der Waals surface area contributed by atoms with Crippen LogP contribution in [0.5, 0.6) is 0 Å². The molecule has 1 atom stereocenters. The van der Waals surface area contributed by atoms with Gasteiger partial charge in [-0.3, -0.25) is 0 Å². The molecule has 0 heterocycles. The Kier molecular flexibility index (Phi) is 2.06. The predicted octanol–water partition coefficient (Wildman–Crippen LogP) is 1.64. The highest BCUT2D eigenvalue weighted by molar-refractivity contribution is 5.66. The van der Waals surface area contributed by atoms with E-state index in [-0.39, 0.29) is 10.8 Å². The molecule has 0 saturated heterocycles. The molecule has 11 heavy (non-hydrogen) atoms. The van der Waals surface area contributed by atoms with Crippen molar-refractivity contribution < 1.29 is 9.53 Å². The number of hydrogen-bond acceptors (Lipinski definition) is 2. The minimum Gasteiger partial charge on any atom is -0.385 e. The monoisotopic (exact) mass is 156 g/mol. The maximum atomic E-state index is 10.8. The second kappa shape index (κ2) is 2.59. The minimum absolute atomic E-state index is 0.0665. The third-order valence-corrected chi connectivity index (χ3v) is 2.96. The van der Waals surface area contributed by atoms with E-state index in [0.29, 0.717) is 6.61 Å². The van der Waals surface area contributed by atoms with E-state index in [2.05, 4.69) is 13.8 Å². The molecule has 1 aliphatic carbocycles. The molecule has 1 unspecified atom stereocenters. The molecule has 1 aliphatic rings. The van der Waals surface area contributed by atoms with Gasteiger partial charge in [0.1, 0.15) is 6.29 Å². The molecule has 1 fully saturated rings. The number of hydrogen-bond donors (Lipinski definition) is 0. The Hall–Kier alpha value is -0.370. The maximum Gasteiger partial charge on any atom is 0.126 e. The predicted molar refractivity (Wildman–Crippen MR) is 43.4 cm³/mol. The first kappa shape index (κ1) is 8.72. The van der Waals surface area contributed by atoms with Crippen LogP contribution in [0.3, 0.4) is 0 Å². The Morgan fingerprint density at radius 1 is 1.55 bits per heavy atom. The SMILES string of the molecule is COCCC1(C=O)CC1(C)C. The summed E-state index contributed by atoms with van der Waals surface area (Å²) in [5, 5.41) is 0. The van der Waals surface area contributed by atoms with Crippen molar-refractivity contribution in [1.82, 2.24) is 0 Å². The van der Waals surface area contributed by atoms with Crippen LogP contribution in [0.15, 0.2) is 0 Å². The first-order chi connectivity index (χ1) is 5.08. The topological polar surface area (TPSA) is 26.3 Å². The molecule has 1 rings (SSSR count). The van der Waals surface area contributed by atoms with Crippen LogP contribution >= 0.6 is 0 Å². The normalized spacial score (nSPS) is 33.4. The van der Waals surface area contributed by atoms with Gasteiger partial charge in [-0.05, 0) is 18.3 Å². The van der Waals surface area contributed by atoms with Crippen molar-refractivity contribution in [2.75, 3.05) is 13.7 Å². The molecule has 0 aromatic heterocycles. The van der Waals surface area contributed by atoms with Gasteiger partial charge in [-0.2, -0.15) is 0 Å². The number of methoxy groups -OCH3 is 1. The fourth-order valence-electron chi connectivity index (χ4n) is 1.72. The van der Waals surface area contributed by atoms with Crippen LogP contribution in [0, 0.1) is 10.8 Å². The molecular formula is C9H16O2. The van der Waals surface area contributed by atoms with Crippen LogP contribution in [-0.2, 0) is 9.53 Å². The van der Waals surface area contributed by atoms with Gasteiger partial charge in [0, 0.05) is 19.1 Å². The second-order valence-electron chi connectivity index (χ2n) is 4.08. The zero-order valence-electron chi connectivity index (χ0n) is 7.52. The zero-order chi connectivity index (χ0) is 8.54. The summed E-state index contributed by atoms with van der Waals surface area (Å²) in [4.78, 5) is 10.8. The summed E-state index contributed by atoms with van der Waals surface area (Å²) in [7, 11) is 1.67. The van der Waals surface area contributed by atoms with E-state index in [1.807, 2.05) is 0 Å². The largest absolute Gasteiger partial charge is 0.385 e. The van der Waals surface area contributed by atoms with Gasteiger partial charge >= 0.3 is 0 Å². The second-order valence-corrected chi connectivity index (χ2v) is 4.08. The van der Waals surface area contributed by atoms with Crippen LogP contribution in [0.2, 0.25) is 0 Å². The van der Waals surface area contributed by atoms with Gasteiger partial charge in [0.15, 0.2) is 0 Å². The third kappa shape index (κ3) is 1.32. The van der Waals surface area contributed by atoms with E-state index in [0.717, 1.165) is 19.1 Å². The summed E-state index contributed by atoms with van der Waals surface area (Å²) in [5.74, 6) is 0. The van der Waals surface area contributed by atoms with Gasteiger partial charge in [-0.15, -0.1) is 0 Å². The molecule has 0 spiro atoms. The van der Waals surface area contributed by atoms with Gasteiger partial charge in [0.05, 0.1) is 0 Å². The molecule has 0 radical (unpaired) electrons. The average Bonchev–Trinajstić information content (AvgIpc) is 2.50. The van der Waals surface area contributed by atoms with E-state index in [1.165, 1.54) is 0 Å². The number of ether oxygens (including phenoxy) is 1. The highest BCUT2D eigenvalue weighted by Gasteiger charge is 2.60. The first-order valence-electron chi connectivity index (χ1n) is 4.03. The molecule has 0 N–H and O–H groups in total. The number of carbonyl (C=O) groups is 1. The molecule has 2 heteroatoms. The summed E-state index contributed by atoms with van der Waals surface area (Å²) in [6.07, 6.45) is 3.00. The fraction of sp³-hybridized carbons (Fsp3) is 0.889. The Labute approximate surface area is 67.9 Å². The van der Waals surface area contributed by atoms with Gasteiger partial charge < -0.3 is 9.53 Å². The van der Waals surface area contributed by atoms with Crippen molar-refractivity contribution in [2.24, 2.45) is 10.8 Å². The van der Waals surface area contributed by atoms with Gasteiger partial charge in [0.25, 0.3) is 0 Å². The Morgan fingerprint density at radius 2 is 2.09 bits per heavy atom. The first-order valence-corrected chi connectivity index (χ1v) is 4.03. The molecule has 0 amide bonds. The lowest BCUT2D eigenvalue weighted by Crippen LogP contribution is -2.13. The van der Waals surface area contributed by atoms with E-state index < -0.39 is 0 Å². The Balaban J connectivity index is 2.46. The van der Waals surface area contributed by atoms with Crippen molar-refractivity contribution in [2.45, 2.75) is 26.7 Å². The number of carbonyl (C=O) groups excluding carboxylic acids is 1. The molecule has 0 bridgehead atoms. The maximum absolute atomic E-state index is 10.8. The van der Waals surface area contributed by atoms with Crippen molar-refractivity contribution >= 4 is 6.29 Å². The standard InChI is InChI=1S/C9H16O2/c1-8(2)6-9(8,7-10)4-5-11-3/h7H,4-6H2,1-3H3. The summed E-state index contributed by atoms with van der Waals surface area (Å²) in [6, 6.07) is 0. The third-order valence-electron chi connectivity index (χ3n) is 2.96. The Bertz CT molecular complexity index is 163. The average molecular weight is 156 g/mol. The summed E-state index contributed by atoms with van der Waals surface area (Å²) >= 11 is 0. The molecule has 64 valence electrons. The van der Waals surface area contributed by atoms with Crippen LogP contribution in [0.1, 0.15) is 26.7 Å². The van der Waals surface area contributed by atoms with Crippen LogP contribution in [-0.4, -0.2) is 20.0 Å². The van der Waals surface area contributed by atoms with Crippen LogP contribution in [0.25, 0.3) is 0 Å². The quantitative estimate of drug-likeness (QED) is 0.578. The van der Waals surface area contributed by atoms with Crippen molar-refractivity contribution in [1.29, 1.82) is 0 Å². The van der Waals surface area contributed by atoms with E-state index in [4.69, 9.17) is 4.74 Å². The van der Waals surface area contributed by atoms with Crippen LogP contribution < -0.4 is 0 Å². The summed E-state index contributed by atoms with van der Waals surface area (Å²) in [6.45, 7) is 4.97. The molecular weight excluding hydrogens is 140 g/mol. The minimum atomic E-state index is -0.0665. The van der Waals surface area contributed by atoms with Crippen molar-refractivity contribution in [3.63, 3.8) is 0 Å². The number of rotatable bonds is 4. The summed E-state index contributed by atoms with van der Waals surface area (Å²) < 4.78 is 4.95. The molecule has 0 aliphatic heterocycles. The highest BCUT2D eigenvalue weighted by atomic mass is 16.5. The lowest BCUT2D eigenvalue weighted by molar-refractivity contribution is -0.113. The van der Waals surface area contributed by atoms with Gasteiger partial charge in [-0.25, -0.2) is 0 Å². The molecule has 0 aromatic carbocycles.